The molecule has 1 aromatic heterocycles. The number of hydrogen-bond acceptors (Lipinski definition) is 3. The molecule has 100 valence electrons. The molecule has 0 bridgehead atoms. The molecule has 0 saturated heterocycles. The molecule has 1 aliphatic rings. The normalized spacial score (nSPS) is 15.8. The molecule has 0 aromatic carbocycles. The second-order valence-electron chi connectivity index (χ2n) is 5.72. The van der Waals surface area contributed by atoms with Crippen LogP contribution in [-0.4, -0.2) is 24.6 Å². The molecular formula is C15H25N3. The highest BCUT2D eigenvalue weighted by molar-refractivity contribution is 5.52. The first kappa shape index (κ1) is 13.3. The van der Waals surface area contributed by atoms with Crippen LogP contribution in [0.4, 0.5) is 5.69 Å². The van der Waals surface area contributed by atoms with Crippen molar-refractivity contribution in [2.75, 3.05) is 18.5 Å². The van der Waals surface area contributed by atoms with E-state index in [4.69, 9.17) is 0 Å². The maximum absolute atomic E-state index is 4.28. The van der Waals surface area contributed by atoms with Gasteiger partial charge in [-0.15, -0.1) is 0 Å². The van der Waals surface area contributed by atoms with Gasteiger partial charge in [-0.05, 0) is 43.4 Å². The Hall–Kier alpha value is -1.09. The summed E-state index contributed by atoms with van der Waals surface area (Å²) in [6.45, 7) is 6.48. The Kier molecular flexibility index (Phi) is 4.59. The van der Waals surface area contributed by atoms with Crippen molar-refractivity contribution in [1.82, 2.24) is 10.3 Å². The van der Waals surface area contributed by atoms with Crippen LogP contribution in [0.3, 0.4) is 0 Å². The molecular weight excluding hydrogens is 222 g/mol. The van der Waals surface area contributed by atoms with Crippen LogP contribution < -0.4 is 10.2 Å². The highest BCUT2D eigenvalue weighted by atomic mass is 15.1. The third-order valence-corrected chi connectivity index (χ3v) is 3.76. The number of rotatable bonds is 6. The lowest BCUT2D eigenvalue weighted by Crippen LogP contribution is -2.38. The summed E-state index contributed by atoms with van der Waals surface area (Å²) < 4.78 is 0. The van der Waals surface area contributed by atoms with E-state index in [0.29, 0.717) is 5.92 Å². The minimum atomic E-state index is 0.694. The van der Waals surface area contributed by atoms with Gasteiger partial charge in [-0.25, -0.2) is 0 Å². The predicted octanol–water partition coefficient (Wildman–Crippen LogP) is 2.82. The molecule has 3 nitrogen and oxygen atoms in total. The lowest BCUT2D eigenvalue weighted by atomic mass is 9.91. The zero-order chi connectivity index (χ0) is 13.0. The van der Waals surface area contributed by atoms with Crippen molar-refractivity contribution in [3.05, 3.63) is 24.0 Å². The summed E-state index contributed by atoms with van der Waals surface area (Å²) in [5.74, 6) is 0.694. The summed E-state index contributed by atoms with van der Waals surface area (Å²) in [6.07, 6.45) is 7.92. The molecule has 0 aliphatic heterocycles. The predicted molar refractivity (Wildman–Crippen MR) is 76.8 cm³/mol. The fourth-order valence-corrected chi connectivity index (χ4v) is 2.35. The molecule has 0 spiro atoms. The number of hydrogen-bond donors (Lipinski definition) is 1. The quantitative estimate of drug-likeness (QED) is 0.838. The standard InChI is InChI=1S/C15H25N3/c1-12(2)9-17-10-13-7-8-16-11-15(13)18(3)14-5-4-6-14/h7-8,11-12,14,17H,4-6,9-10H2,1-3H3. The molecule has 1 saturated carbocycles. The van der Waals surface area contributed by atoms with E-state index in [-0.39, 0.29) is 0 Å². The molecule has 1 aromatic rings. The van der Waals surface area contributed by atoms with Gasteiger partial charge in [0.2, 0.25) is 0 Å². The lowest BCUT2D eigenvalue weighted by Gasteiger charge is -2.37. The van der Waals surface area contributed by atoms with Crippen LogP contribution in [-0.2, 0) is 6.54 Å². The molecule has 0 atom stereocenters. The number of pyridine rings is 1. The van der Waals surface area contributed by atoms with Gasteiger partial charge in [0.05, 0.1) is 11.9 Å². The van der Waals surface area contributed by atoms with Crippen molar-refractivity contribution in [2.24, 2.45) is 5.92 Å². The van der Waals surface area contributed by atoms with Gasteiger partial charge in [-0.3, -0.25) is 4.98 Å². The van der Waals surface area contributed by atoms with E-state index in [1.54, 1.807) is 0 Å². The van der Waals surface area contributed by atoms with Gasteiger partial charge in [0.25, 0.3) is 0 Å². The third-order valence-electron chi connectivity index (χ3n) is 3.76. The van der Waals surface area contributed by atoms with Gasteiger partial charge in [0.15, 0.2) is 0 Å². The lowest BCUT2D eigenvalue weighted by molar-refractivity contribution is 0.400. The molecule has 0 amide bonds. The molecule has 2 rings (SSSR count). The molecule has 3 heteroatoms. The first-order chi connectivity index (χ1) is 8.68. The van der Waals surface area contributed by atoms with Gasteiger partial charge in [0, 0.05) is 25.8 Å². The van der Waals surface area contributed by atoms with Crippen molar-refractivity contribution in [3.63, 3.8) is 0 Å². The zero-order valence-electron chi connectivity index (χ0n) is 11.8. The minimum absolute atomic E-state index is 0.694. The summed E-state index contributed by atoms with van der Waals surface area (Å²) >= 11 is 0. The van der Waals surface area contributed by atoms with Crippen molar-refractivity contribution in [2.45, 2.75) is 45.7 Å². The molecule has 18 heavy (non-hydrogen) atoms. The number of nitrogens with zero attached hydrogens (tertiary/aromatic N) is 2. The second kappa shape index (κ2) is 6.19. The molecule has 0 unspecified atom stereocenters. The van der Waals surface area contributed by atoms with Crippen LogP contribution in [0, 0.1) is 5.92 Å². The Morgan fingerprint density at radius 3 is 2.83 bits per heavy atom. The summed E-state index contributed by atoms with van der Waals surface area (Å²) in [7, 11) is 2.20. The number of aromatic nitrogens is 1. The van der Waals surface area contributed by atoms with Crippen LogP contribution in [0.5, 0.6) is 0 Å². The summed E-state index contributed by atoms with van der Waals surface area (Å²) in [5, 5.41) is 3.52. The Bertz CT molecular complexity index is 372. The SMILES string of the molecule is CC(C)CNCc1ccncc1N(C)C1CCC1. The monoisotopic (exact) mass is 247 g/mol. The van der Waals surface area contributed by atoms with Crippen LogP contribution in [0.25, 0.3) is 0 Å². The van der Waals surface area contributed by atoms with Crippen molar-refractivity contribution < 1.29 is 0 Å². The van der Waals surface area contributed by atoms with Gasteiger partial charge in [-0.1, -0.05) is 13.8 Å². The Balaban J connectivity index is 2.00. The highest BCUT2D eigenvalue weighted by Crippen LogP contribution is 2.29. The van der Waals surface area contributed by atoms with Crippen molar-refractivity contribution >= 4 is 5.69 Å². The zero-order valence-corrected chi connectivity index (χ0v) is 11.8. The van der Waals surface area contributed by atoms with Crippen LogP contribution >= 0.6 is 0 Å². The molecule has 1 N–H and O–H groups in total. The second-order valence-corrected chi connectivity index (χ2v) is 5.72. The minimum Gasteiger partial charge on any atom is -0.370 e. The van der Waals surface area contributed by atoms with E-state index >= 15 is 0 Å². The fraction of sp³-hybridized carbons (Fsp3) is 0.667. The van der Waals surface area contributed by atoms with E-state index < -0.39 is 0 Å². The van der Waals surface area contributed by atoms with Gasteiger partial charge >= 0.3 is 0 Å². The van der Waals surface area contributed by atoms with E-state index in [2.05, 4.69) is 42.2 Å². The maximum atomic E-state index is 4.28. The maximum Gasteiger partial charge on any atom is 0.0598 e. The summed E-state index contributed by atoms with van der Waals surface area (Å²) in [4.78, 5) is 6.69. The van der Waals surface area contributed by atoms with E-state index in [0.717, 1.165) is 19.1 Å². The van der Waals surface area contributed by atoms with Gasteiger partial charge in [-0.2, -0.15) is 0 Å². The molecule has 1 aliphatic carbocycles. The van der Waals surface area contributed by atoms with Gasteiger partial charge < -0.3 is 10.2 Å². The van der Waals surface area contributed by atoms with E-state index in [1.807, 2.05) is 12.4 Å². The smallest absolute Gasteiger partial charge is 0.0598 e. The summed E-state index contributed by atoms with van der Waals surface area (Å²) in [6, 6.07) is 2.86. The first-order valence-electron chi connectivity index (χ1n) is 7.05. The van der Waals surface area contributed by atoms with Gasteiger partial charge in [0.1, 0.15) is 0 Å². The van der Waals surface area contributed by atoms with Crippen molar-refractivity contribution in [3.8, 4) is 0 Å². The average molecular weight is 247 g/mol. The highest BCUT2D eigenvalue weighted by Gasteiger charge is 2.23. The van der Waals surface area contributed by atoms with Crippen LogP contribution in [0.2, 0.25) is 0 Å². The Morgan fingerprint density at radius 1 is 1.44 bits per heavy atom. The van der Waals surface area contributed by atoms with Crippen LogP contribution in [0.1, 0.15) is 38.7 Å². The Labute approximate surface area is 111 Å². The third kappa shape index (κ3) is 3.22. The van der Waals surface area contributed by atoms with E-state index in [9.17, 15) is 0 Å². The van der Waals surface area contributed by atoms with Crippen LogP contribution in [0.15, 0.2) is 18.5 Å². The first-order valence-corrected chi connectivity index (χ1v) is 7.05. The Morgan fingerprint density at radius 2 is 2.22 bits per heavy atom. The largest absolute Gasteiger partial charge is 0.370 e. The fourth-order valence-electron chi connectivity index (χ4n) is 2.35. The topological polar surface area (TPSA) is 28.2 Å². The van der Waals surface area contributed by atoms with Crippen molar-refractivity contribution in [1.29, 1.82) is 0 Å². The molecule has 1 fully saturated rings. The average Bonchev–Trinajstić information content (AvgIpc) is 2.26. The number of nitrogens with one attached hydrogen (secondary N) is 1. The number of anilines is 1. The molecule has 0 radical (unpaired) electrons. The summed E-state index contributed by atoms with van der Waals surface area (Å²) in [5.41, 5.74) is 2.65. The van der Waals surface area contributed by atoms with E-state index in [1.165, 1.54) is 30.5 Å². The molecule has 1 heterocycles.